The van der Waals surface area contributed by atoms with E-state index in [0.717, 1.165) is 32.5 Å². The number of rotatable bonds is 7. The van der Waals surface area contributed by atoms with Crippen molar-refractivity contribution in [1.82, 2.24) is 10.2 Å². The first-order valence-corrected chi connectivity index (χ1v) is 4.80. The van der Waals surface area contributed by atoms with E-state index in [4.69, 9.17) is 5.73 Å². The molecule has 0 aromatic rings. The van der Waals surface area contributed by atoms with E-state index in [1.54, 1.807) is 7.05 Å². The molecule has 0 radical (unpaired) electrons. The lowest BCUT2D eigenvalue weighted by atomic mass is 10.2. The summed E-state index contributed by atoms with van der Waals surface area (Å²) in [4.78, 5) is 13.1. The van der Waals surface area contributed by atoms with Crippen LogP contribution in [0.3, 0.4) is 0 Å². The van der Waals surface area contributed by atoms with Crippen molar-refractivity contribution in [1.29, 1.82) is 0 Å². The monoisotopic (exact) mass is 187 g/mol. The van der Waals surface area contributed by atoms with Gasteiger partial charge < -0.3 is 16.0 Å². The van der Waals surface area contributed by atoms with Gasteiger partial charge in [0.2, 0.25) is 5.91 Å². The highest BCUT2D eigenvalue weighted by atomic mass is 16.1. The largest absolute Gasteiger partial charge is 0.359 e. The van der Waals surface area contributed by atoms with Crippen molar-refractivity contribution in [3.63, 3.8) is 0 Å². The number of nitrogens with two attached hydrogens (primary N) is 1. The van der Waals surface area contributed by atoms with Crippen molar-refractivity contribution in [2.24, 2.45) is 5.73 Å². The van der Waals surface area contributed by atoms with Crippen LogP contribution in [0.2, 0.25) is 0 Å². The zero-order chi connectivity index (χ0) is 10.1. The van der Waals surface area contributed by atoms with Gasteiger partial charge in [0.1, 0.15) is 0 Å². The van der Waals surface area contributed by atoms with Crippen molar-refractivity contribution in [2.45, 2.75) is 19.3 Å². The van der Waals surface area contributed by atoms with E-state index < -0.39 is 0 Å². The van der Waals surface area contributed by atoms with Gasteiger partial charge >= 0.3 is 0 Å². The molecule has 4 heteroatoms. The third kappa shape index (κ3) is 7.74. The number of hydrogen-bond donors (Lipinski definition) is 2. The number of amides is 1. The smallest absolute Gasteiger partial charge is 0.219 e. The fraction of sp³-hybridized carbons (Fsp3) is 0.889. The fourth-order valence-corrected chi connectivity index (χ4v) is 1.11. The molecule has 4 nitrogen and oxygen atoms in total. The molecule has 0 atom stereocenters. The molecule has 0 saturated carbocycles. The van der Waals surface area contributed by atoms with Gasteiger partial charge in [-0.05, 0) is 39.5 Å². The molecule has 0 bridgehead atoms. The predicted molar refractivity (Wildman–Crippen MR) is 54.5 cm³/mol. The minimum Gasteiger partial charge on any atom is -0.359 e. The predicted octanol–water partition coefficient (Wildman–Crippen LogP) is -0.207. The molecule has 0 spiro atoms. The van der Waals surface area contributed by atoms with Gasteiger partial charge in [0.25, 0.3) is 0 Å². The molecule has 0 aromatic carbocycles. The van der Waals surface area contributed by atoms with Gasteiger partial charge in [0.05, 0.1) is 0 Å². The van der Waals surface area contributed by atoms with Gasteiger partial charge in [-0.2, -0.15) is 0 Å². The second kappa shape index (κ2) is 8.01. The molecule has 0 aliphatic carbocycles. The summed E-state index contributed by atoms with van der Waals surface area (Å²) in [6, 6.07) is 0. The van der Waals surface area contributed by atoms with Gasteiger partial charge in [-0.3, -0.25) is 4.79 Å². The van der Waals surface area contributed by atoms with E-state index in [2.05, 4.69) is 17.3 Å². The first-order valence-electron chi connectivity index (χ1n) is 4.80. The molecule has 78 valence electrons. The van der Waals surface area contributed by atoms with Crippen LogP contribution in [0.25, 0.3) is 0 Å². The van der Waals surface area contributed by atoms with Crippen LogP contribution in [0.1, 0.15) is 19.3 Å². The number of carbonyl (C=O) groups is 1. The quantitative estimate of drug-likeness (QED) is 0.580. The van der Waals surface area contributed by atoms with Crippen LogP contribution >= 0.6 is 0 Å². The Kier molecular flexibility index (Phi) is 7.63. The Morgan fingerprint density at radius 1 is 1.38 bits per heavy atom. The SMILES string of the molecule is CNC(=O)CCCN(C)CCCN. The van der Waals surface area contributed by atoms with Crippen LogP contribution in [0, 0.1) is 0 Å². The highest BCUT2D eigenvalue weighted by molar-refractivity contribution is 5.75. The maximum absolute atomic E-state index is 10.9. The summed E-state index contributed by atoms with van der Waals surface area (Å²) in [5.41, 5.74) is 5.38. The van der Waals surface area contributed by atoms with Crippen LogP contribution in [0.15, 0.2) is 0 Å². The zero-order valence-electron chi connectivity index (χ0n) is 8.68. The van der Waals surface area contributed by atoms with Crippen molar-refractivity contribution in [3.05, 3.63) is 0 Å². The molecule has 1 amide bonds. The lowest BCUT2D eigenvalue weighted by Gasteiger charge is -2.15. The molecule has 0 saturated heterocycles. The van der Waals surface area contributed by atoms with Crippen LogP contribution in [0.5, 0.6) is 0 Å². The average molecular weight is 187 g/mol. The Morgan fingerprint density at radius 3 is 2.54 bits per heavy atom. The van der Waals surface area contributed by atoms with Crippen LogP contribution < -0.4 is 11.1 Å². The maximum Gasteiger partial charge on any atom is 0.219 e. The van der Waals surface area contributed by atoms with E-state index in [-0.39, 0.29) is 5.91 Å². The van der Waals surface area contributed by atoms with Gasteiger partial charge in [-0.1, -0.05) is 0 Å². The molecule has 0 aliphatic heterocycles. The molecule has 0 aromatic heterocycles. The van der Waals surface area contributed by atoms with Gasteiger partial charge in [-0.25, -0.2) is 0 Å². The topological polar surface area (TPSA) is 58.4 Å². The molecule has 0 fully saturated rings. The first kappa shape index (κ1) is 12.4. The number of nitrogens with one attached hydrogen (secondary N) is 1. The Labute approximate surface area is 80.5 Å². The Balaban J connectivity index is 3.26. The highest BCUT2D eigenvalue weighted by Gasteiger charge is 2.00. The molecule has 0 rings (SSSR count). The van der Waals surface area contributed by atoms with E-state index in [0.29, 0.717) is 6.42 Å². The standard InChI is InChI=1S/C9H21N3O/c1-11-9(13)5-3-7-12(2)8-4-6-10/h3-8,10H2,1-2H3,(H,11,13). The van der Waals surface area contributed by atoms with E-state index in [1.807, 2.05) is 0 Å². The Bertz CT molecular complexity index is 139. The van der Waals surface area contributed by atoms with Gasteiger partial charge in [0.15, 0.2) is 0 Å². The molecule has 0 unspecified atom stereocenters. The van der Waals surface area contributed by atoms with E-state index in [9.17, 15) is 4.79 Å². The van der Waals surface area contributed by atoms with Crippen LogP contribution in [-0.4, -0.2) is 44.5 Å². The van der Waals surface area contributed by atoms with Gasteiger partial charge in [-0.15, -0.1) is 0 Å². The first-order chi connectivity index (χ1) is 6.20. The number of nitrogens with zero attached hydrogens (tertiary/aromatic N) is 1. The summed E-state index contributed by atoms with van der Waals surface area (Å²) in [7, 11) is 3.72. The second-order valence-corrected chi connectivity index (χ2v) is 3.22. The Hall–Kier alpha value is -0.610. The molecule has 0 aliphatic rings. The molecule has 3 N–H and O–H groups in total. The summed E-state index contributed by atoms with van der Waals surface area (Å²) in [5.74, 6) is 0.118. The van der Waals surface area contributed by atoms with E-state index in [1.165, 1.54) is 0 Å². The summed E-state index contributed by atoms with van der Waals surface area (Å²) in [5, 5.41) is 2.60. The number of hydrogen-bond acceptors (Lipinski definition) is 3. The second-order valence-electron chi connectivity index (χ2n) is 3.22. The number of carbonyl (C=O) groups excluding carboxylic acids is 1. The van der Waals surface area contributed by atoms with Crippen LogP contribution in [0.4, 0.5) is 0 Å². The third-order valence-electron chi connectivity index (χ3n) is 1.97. The minimum atomic E-state index is 0.118. The fourth-order valence-electron chi connectivity index (χ4n) is 1.11. The summed E-state index contributed by atoms with van der Waals surface area (Å²) in [6.45, 7) is 2.72. The maximum atomic E-state index is 10.9. The van der Waals surface area contributed by atoms with Crippen molar-refractivity contribution in [3.8, 4) is 0 Å². The lowest BCUT2D eigenvalue weighted by molar-refractivity contribution is -0.120. The average Bonchev–Trinajstić information content (AvgIpc) is 2.14. The van der Waals surface area contributed by atoms with Crippen molar-refractivity contribution in [2.75, 3.05) is 33.7 Å². The van der Waals surface area contributed by atoms with Gasteiger partial charge in [0, 0.05) is 13.5 Å². The highest BCUT2D eigenvalue weighted by Crippen LogP contribution is 1.93. The molecule has 0 heterocycles. The zero-order valence-corrected chi connectivity index (χ0v) is 8.68. The summed E-state index contributed by atoms with van der Waals surface area (Å²) < 4.78 is 0. The summed E-state index contributed by atoms with van der Waals surface area (Å²) in [6.07, 6.45) is 2.56. The molecule has 13 heavy (non-hydrogen) atoms. The molecular formula is C9H21N3O. The Morgan fingerprint density at radius 2 is 2.00 bits per heavy atom. The third-order valence-corrected chi connectivity index (χ3v) is 1.97. The minimum absolute atomic E-state index is 0.118. The molecular weight excluding hydrogens is 166 g/mol. The summed E-state index contributed by atoms with van der Waals surface area (Å²) >= 11 is 0. The lowest BCUT2D eigenvalue weighted by Crippen LogP contribution is -2.25. The van der Waals surface area contributed by atoms with Crippen molar-refractivity contribution < 1.29 is 4.79 Å². The normalized spacial score (nSPS) is 10.5. The van der Waals surface area contributed by atoms with Crippen LogP contribution in [-0.2, 0) is 4.79 Å². The van der Waals surface area contributed by atoms with Crippen molar-refractivity contribution >= 4 is 5.91 Å². The van der Waals surface area contributed by atoms with E-state index >= 15 is 0 Å².